The van der Waals surface area contributed by atoms with Crippen LogP contribution in [0.5, 0.6) is 0 Å². The van der Waals surface area contributed by atoms with Gasteiger partial charge in [0.15, 0.2) is 0 Å². The van der Waals surface area contributed by atoms with Crippen molar-refractivity contribution in [2.24, 2.45) is 5.92 Å². The first-order valence-electron chi connectivity index (χ1n) is 10.4. The van der Waals surface area contributed by atoms with Gasteiger partial charge in [0, 0.05) is 31.5 Å². The summed E-state index contributed by atoms with van der Waals surface area (Å²) in [6.45, 7) is 6.12. The Morgan fingerprint density at radius 2 is 1.37 bits per heavy atom. The van der Waals surface area contributed by atoms with Gasteiger partial charge in [0.25, 0.3) is 0 Å². The molecule has 0 aliphatic heterocycles. The molecule has 0 aliphatic carbocycles. The van der Waals surface area contributed by atoms with Crippen molar-refractivity contribution in [2.75, 3.05) is 32.1 Å². The average Bonchev–Trinajstić information content (AvgIpc) is 2.67. The molecule has 152 valence electrons. The fourth-order valence-electron chi connectivity index (χ4n) is 3.06. The van der Waals surface area contributed by atoms with E-state index in [1.165, 1.54) is 0 Å². The second-order valence-corrected chi connectivity index (χ2v) is 7.83. The van der Waals surface area contributed by atoms with Gasteiger partial charge in [0.05, 0.1) is 0 Å². The van der Waals surface area contributed by atoms with Gasteiger partial charge >= 0.3 is 0 Å². The maximum absolute atomic E-state index is 12.2. The van der Waals surface area contributed by atoms with Gasteiger partial charge in [-0.3, -0.25) is 9.59 Å². The van der Waals surface area contributed by atoms with Gasteiger partial charge in [0.2, 0.25) is 5.91 Å². The first-order chi connectivity index (χ1) is 12.9. The van der Waals surface area contributed by atoms with Crippen molar-refractivity contribution in [3.8, 4) is 0 Å². The number of carbonyl (C=O) groups is 2. The molecule has 1 aromatic rings. The van der Waals surface area contributed by atoms with Gasteiger partial charge < -0.3 is 9.80 Å². The summed E-state index contributed by atoms with van der Waals surface area (Å²) in [5, 5.41) is 0. The van der Waals surface area contributed by atoms with E-state index >= 15 is 0 Å². The van der Waals surface area contributed by atoms with Gasteiger partial charge in [-0.15, -0.1) is 0 Å². The lowest BCUT2D eigenvalue weighted by atomic mass is 10.0. The van der Waals surface area contributed by atoms with Gasteiger partial charge in [-0.25, -0.2) is 0 Å². The number of hydrogen-bond donors (Lipinski definition) is 0. The van der Waals surface area contributed by atoms with Crippen molar-refractivity contribution < 1.29 is 9.59 Å². The van der Waals surface area contributed by atoms with E-state index in [2.05, 4.69) is 11.9 Å². The Bertz CT molecular complexity index is 543. The van der Waals surface area contributed by atoms with Crippen LogP contribution in [0.3, 0.4) is 0 Å². The highest BCUT2D eigenvalue weighted by molar-refractivity contribution is 5.92. The molecule has 0 heterocycles. The minimum atomic E-state index is 0.173. The predicted molar refractivity (Wildman–Crippen MR) is 114 cm³/mol. The predicted octanol–water partition coefficient (Wildman–Crippen LogP) is 4.93. The van der Waals surface area contributed by atoms with Crippen LogP contribution >= 0.6 is 0 Å². The number of unbranched alkanes of at least 4 members (excludes halogenated alkanes) is 4. The summed E-state index contributed by atoms with van der Waals surface area (Å²) in [4.78, 5) is 27.9. The lowest BCUT2D eigenvalue weighted by Gasteiger charge is -2.18. The van der Waals surface area contributed by atoms with E-state index in [-0.39, 0.29) is 11.8 Å². The summed E-state index contributed by atoms with van der Waals surface area (Å²) in [6, 6.07) is 9.80. The van der Waals surface area contributed by atoms with Crippen LogP contribution in [0.15, 0.2) is 30.3 Å². The summed E-state index contributed by atoms with van der Waals surface area (Å²) in [7, 11) is 4.01. The highest BCUT2D eigenvalue weighted by Crippen LogP contribution is 2.13. The smallest absolute Gasteiger partial charge is 0.226 e. The lowest BCUT2D eigenvalue weighted by Crippen LogP contribution is -2.25. The lowest BCUT2D eigenvalue weighted by molar-refractivity contribution is -0.122. The second kappa shape index (κ2) is 13.5. The quantitative estimate of drug-likeness (QED) is 0.434. The van der Waals surface area contributed by atoms with Crippen molar-refractivity contribution in [3.05, 3.63) is 30.3 Å². The average molecular weight is 375 g/mol. The molecule has 0 aliphatic rings. The standard InChI is InChI=1S/C23H38N2O2/c1-20(2)22(26)16-10-6-12-18-24(3)19-13-7-11-17-23(27)25(4)21-14-8-5-9-15-21/h5,8-9,14-15,20H,6-7,10-13,16-19H2,1-4H3. The Hall–Kier alpha value is -1.68. The maximum atomic E-state index is 12.2. The summed E-state index contributed by atoms with van der Waals surface area (Å²) < 4.78 is 0. The molecule has 0 unspecified atom stereocenters. The molecule has 0 atom stereocenters. The van der Waals surface area contributed by atoms with Crippen LogP contribution in [-0.2, 0) is 9.59 Å². The van der Waals surface area contributed by atoms with Gasteiger partial charge in [-0.2, -0.15) is 0 Å². The molecule has 0 spiro atoms. The van der Waals surface area contributed by atoms with Crippen LogP contribution in [0.1, 0.15) is 65.2 Å². The zero-order valence-corrected chi connectivity index (χ0v) is 17.7. The highest BCUT2D eigenvalue weighted by Gasteiger charge is 2.10. The second-order valence-electron chi connectivity index (χ2n) is 7.83. The zero-order valence-electron chi connectivity index (χ0n) is 17.7. The Kier molecular flexibility index (Phi) is 11.7. The molecule has 4 heteroatoms. The first-order valence-corrected chi connectivity index (χ1v) is 10.4. The van der Waals surface area contributed by atoms with Gasteiger partial charge in [-0.1, -0.05) is 44.9 Å². The Morgan fingerprint density at radius 1 is 0.815 bits per heavy atom. The van der Waals surface area contributed by atoms with E-state index in [1.54, 1.807) is 4.90 Å². The number of ketones is 1. The summed E-state index contributed by atoms with van der Waals surface area (Å²) in [5.41, 5.74) is 0.956. The molecule has 0 fully saturated rings. The van der Waals surface area contributed by atoms with Crippen LogP contribution < -0.4 is 4.90 Å². The molecule has 27 heavy (non-hydrogen) atoms. The number of anilines is 1. The SMILES string of the molecule is CC(C)C(=O)CCCCCN(C)CCCCCC(=O)N(C)c1ccccc1. The topological polar surface area (TPSA) is 40.6 Å². The number of rotatable bonds is 14. The van der Waals surface area contributed by atoms with Crippen LogP contribution in [-0.4, -0.2) is 43.8 Å². The molecular weight excluding hydrogens is 336 g/mol. The van der Waals surface area contributed by atoms with E-state index in [4.69, 9.17) is 0 Å². The van der Waals surface area contributed by atoms with Crippen molar-refractivity contribution in [1.29, 1.82) is 0 Å². The van der Waals surface area contributed by atoms with Crippen LogP contribution in [0, 0.1) is 5.92 Å². The van der Waals surface area contributed by atoms with Gasteiger partial charge in [0.1, 0.15) is 5.78 Å². The Labute approximate surface area is 165 Å². The highest BCUT2D eigenvalue weighted by atomic mass is 16.2. The number of nitrogens with zero attached hydrogens (tertiary/aromatic N) is 2. The summed E-state index contributed by atoms with van der Waals surface area (Å²) >= 11 is 0. The third-order valence-electron chi connectivity index (χ3n) is 5.06. The Morgan fingerprint density at radius 3 is 1.93 bits per heavy atom. The number of hydrogen-bond acceptors (Lipinski definition) is 3. The van der Waals surface area contributed by atoms with Crippen LogP contribution in [0.2, 0.25) is 0 Å². The van der Waals surface area contributed by atoms with Crippen molar-refractivity contribution in [2.45, 2.75) is 65.2 Å². The van der Waals surface area contributed by atoms with E-state index in [0.717, 1.165) is 63.7 Å². The fourth-order valence-corrected chi connectivity index (χ4v) is 3.06. The molecule has 1 aromatic carbocycles. The molecule has 1 amide bonds. The van der Waals surface area contributed by atoms with Crippen molar-refractivity contribution in [1.82, 2.24) is 4.90 Å². The first kappa shape index (κ1) is 23.4. The monoisotopic (exact) mass is 374 g/mol. The minimum Gasteiger partial charge on any atom is -0.316 e. The molecule has 0 N–H and O–H groups in total. The number of benzene rings is 1. The molecule has 0 aromatic heterocycles. The molecule has 0 radical (unpaired) electrons. The van der Waals surface area contributed by atoms with E-state index in [0.29, 0.717) is 12.2 Å². The van der Waals surface area contributed by atoms with Crippen LogP contribution in [0.4, 0.5) is 5.69 Å². The normalized spacial score (nSPS) is 11.2. The van der Waals surface area contributed by atoms with E-state index in [1.807, 2.05) is 51.2 Å². The van der Waals surface area contributed by atoms with Crippen LogP contribution in [0.25, 0.3) is 0 Å². The van der Waals surface area contributed by atoms with Crippen molar-refractivity contribution in [3.63, 3.8) is 0 Å². The molecule has 0 saturated heterocycles. The summed E-state index contributed by atoms with van der Waals surface area (Å²) in [5.74, 6) is 0.744. The molecule has 0 bridgehead atoms. The summed E-state index contributed by atoms with van der Waals surface area (Å²) in [6.07, 6.45) is 7.80. The number of Topliss-reactive ketones (excluding diaryl/α,β-unsaturated/α-hetero) is 1. The Balaban J connectivity index is 2.02. The largest absolute Gasteiger partial charge is 0.316 e. The van der Waals surface area contributed by atoms with Crippen molar-refractivity contribution >= 4 is 17.4 Å². The molecule has 1 rings (SSSR count). The third-order valence-corrected chi connectivity index (χ3v) is 5.06. The number of para-hydroxylation sites is 1. The fraction of sp³-hybridized carbons (Fsp3) is 0.652. The van der Waals surface area contributed by atoms with E-state index in [9.17, 15) is 9.59 Å². The molecule has 4 nitrogen and oxygen atoms in total. The molecular formula is C23H38N2O2. The minimum absolute atomic E-state index is 0.173. The number of carbonyl (C=O) groups excluding carboxylic acids is 2. The third kappa shape index (κ3) is 10.3. The molecule has 0 saturated carbocycles. The zero-order chi connectivity index (χ0) is 20.1. The van der Waals surface area contributed by atoms with Gasteiger partial charge in [-0.05, 0) is 58.0 Å². The van der Waals surface area contributed by atoms with E-state index < -0.39 is 0 Å². The number of amides is 1. The maximum Gasteiger partial charge on any atom is 0.226 e.